The lowest BCUT2D eigenvalue weighted by Gasteiger charge is -2.18. The van der Waals surface area contributed by atoms with Crippen molar-refractivity contribution in [3.05, 3.63) is 12.2 Å². The van der Waals surface area contributed by atoms with E-state index in [1.807, 2.05) is 0 Å². The number of allylic oxidation sites excluding steroid dienone is 2. The van der Waals surface area contributed by atoms with Crippen molar-refractivity contribution in [3.63, 3.8) is 0 Å². The van der Waals surface area contributed by atoms with Gasteiger partial charge in [0.25, 0.3) is 0 Å². The topological polar surface area (TPSA) is 78.9 Å². The third-order valence-corrected chi connectivity index (χ3v) is 11.8. The van der Waals surface area contributed by atoms with Crippen LogP contribution in [-0.2, 0) is 28.6 Å². The van der Waals surface area contributed by atoms with Crippen molar-refractivity contribution in [1.29, 1.82) is 0 Å². The Bertz CT molecular complexity index is 916. The van der Waals surface area contributed by atoms with E-state index in [-0.39, 0.29) is 31.1 Å². The second kappa shape index (κ2) is 48.8. The monoisotopic (exact) mass is 833 g/mol. The zero-order valence-corrected chi connectivity index (χ0v) is 39.8. The van der Waals surface area contributed by atoms with E-state index >= 15 is 0 Å². The first-order chi connectivity index (χ1) is 29.0. The summed E-state index contributed by atoms with van der Waals surface area (Å²) in [4.78, 5) is 37.9. The Hall–Kier alpha value is -1.85. The average molecular weight is 833 g/mol. The van der Waals surface area contributed by atoms with E-state index in [9.17, 15) is 14.4 Å². The average Bonchev–Trinajstić information content (AvgIpc) is 3.23. The molecule has 0 aromatic heterocycles. The van der Waals surface area contributed by atoms with E-state index in [2.05, 4.69) is 32.9 Å². The summed E-state index contributed by atoms with van der Waals surface area (Å²) in [5.74, 6) is -0.867. The van der Waals surface area contributed by atoms with Gasteiger partial charge >= 0.3 is 17.9 Å². The SMILES string of the molecule is CCCC/C=C\CCCCCCC(=O)OCC(COC(=O)CCCCCCCCCCCCCCCCCCCCC)OC(=O)CCCCCCCCCCCCCC. The van der Waals surface area contributed by atoms with Crippen LogP contribution in [0.5, 0.6) is 0 Å². The highest BCUT2D eigenvalue weighted by atomic mass is 16.6. The molecule has 59 heavy (non-hydrogen) atoms. The van der Waals surface area contributed by atoms with Crippen molar-refractivity contribution in [2.45, 2.75) is 297 Å². The molecule has 1 atom stereocenters. The van der Waals surface area contributed by atoms with Gasteiger partial charge in [-0.1, -0.05) is 245 Å². The highest BCUT2D eigenvalue weighted by Crippen LogP contribution is 2.17. The molecule has 0 spiro atoms. The molecule has 0 aromatic rings. The van der Waals surface area contributed by atoms with E-state index in [0.29, 0.717) is 19.3 Å². The van der Waals surface area contributed by atoms with Gasteiger partial charge in [-0.3, -0.25) is 14.4 Å². The summed E-state index contributed by atoms with van der Waals surface area (Å²) >= 11 is 0. The first kappa shape index (κ1) is 57.1. The standard InChI is InChI=1S/C53H100O6/c1-4-7-10-13-16-19-22-24-25-26-27-28-29-30-32-34-37-40-43-46-52(55)58-49-50(48-57-51(54)45-42-39-36-33-21-18-15-12-9-6-3)59-53(56)47-44-41-38-35-31-23-20-17-14-11-8-5-2/h15,18,50H,4-14,16-17,19-49H2,1-3H3/b18-15-. The Morgan fingerprint density at radius 2 is 0.576 bits per heavy atom. The van der Waals surface area contributed by atoms with E-state index in [1.165, 1.54) is 173 Å². The minimum Gasteiger partial charge on any atom is -0.462 e. The molecular formula is C53H100O6. The lowest BCUT2D eigenvalue weighted by molar-refractivity contribution is -0.167. The van der Waals surface area contributed by atoms with Crippen LogP contribution < -0.4 is 0 Å². The Labute approximate surface area is 367 Å². The molecule has 0 fully saturated rings. The summed E-state index contributed by atoms with van der Waals surface area (Å²) < 4.78 is 16.8. The smallest absolute Gasteiger partial charge is 0.306 e. The van der Waals surface area contributed by atoms with Crippen molar-refractivity contribution >= 4 is 17.9 Å². The van der Waals surface area contributed by atoms with Crippen molar-refractivity contribution in [2.24, 2.45) is 0 Å². The summed E-state index contributed by atoms with van der Waals surface area (Å²) in [6.45, 7) is 6.62. The fraction of sp³-hybridized carbons (Fsp3) is 0.906. The molecule has 0 bridgehead atoms. The fourth-order valence-electron chi connectivity index (χ4n) is 7.78. The summed E-state index contributed by atoms with van der Waals surface area (Å²) in [6, 6.07) is 0. The van der Waals surface area contributed by atoms with E-state index in [1.54, 1.807) is 0 Å². The van der Waals surface area contributed by atoms with Gasteiger partial charge in [0.05, 0.1) is 0 Å². The maximum absolute atomic E-state index is 12.7. The molecule has 0 rings (SSSR count). The van der Waals surface area contributed by atoms with Gasteiger partial charge < -0.3 is 14.2 Å². The van der Waals surface area contributed by atoms with Gasteiger partial charge in [0, 0.05) is 19.3 Å². The van der Waals surface area contributed by atoms with Gasteiger partial charge in [-0.15, -0.1) is 0 Å². The number of hydrogen-bond donors (Lipinski definition) is 0. The quantitative estimate of drug-likeness (QED) is 0.0263. The third kappa shape index (κ3) is 47.1. The van der Waals surface area contributed by atoms with Crippen LogP contribution in [0.3, 0.4) is 0 Å². The van der Waals surface area contributed by atoms with Gasteiger partial charge in [0.2, 0.25) is 0 Å². The molecule has 0 aliphatic carbocycles. The van der Waals surface area contributed by atoms with Crippen LogP contribution in [0.4, 0.5) is 0 Å². The molecule has 0 aromatic carbocycles. The fourth-order valence-corrected chi connectivity index (χ4v) is 7.78. The van der Waals surface area contributed by atoms with Gasteiger partial charge in [-0.25, -0.2) is 0 Å². The first-order valence-corrected chi connectivity index (χ1v) is 26.2. The third-order valence-electron chi connectivity index (χ3n) is 11.8. The lowest BCUT2D eigenvalue weighted by atomic mass is 10.0. The summed E-state index contributed by atoms with van der Waals surface area (Å²) in [6.07, 6.45) is 53.5. The molecule has 6 nitrogen and oxygen atoms in total. The number of rotatable bonds is 48. The van der Waals surface area contributed by atoms with Crippen molar-refractivity contribution in [3.8, 4) is 0 Å². The maximum Gasteiger partial charge on any atom is 0.306 e. The normalized spacial score (nSPS) is 12.0. The number of hydrogen-bond acceptors (Lipinski definition) is 6. The Kier molecular flexibility index (Phi) is 47.3. The molecule has 0 saturated heterocycles. The number of carbonyl (C=O) groups excluding carboxylic acids is 3. The van der Waals surface area contributed by atoms with Crippen LogP contribution in [-0.4, -0.2) is 37.2 Å². The van der Waals surface area contributed by atoms with Crippen LogP contribution in [0, 0.1) is 0 Å². The molecule has 0 N–H and O–H groups in total. The van der Waals surface area contributed by atoms with Crippen molar-refractivity contribution < 1.29 is 28.6 Å². The minimum atomic E-state index is -0.766. The van der Waals surface area contributed by atoms with Crippen LogP contribution in [0.25, 0.3) is 0 Å². The molecule has 0 amide bonds. The van der Waals surface area contributed by atoms with Gasteiger partial charge in [-0.05, 0) is 38.5 Å². The molecule has 1 unspecified atom stereocenters. The van der Waals surface area contributed by atoms with Gasteiger partial charge in [-0.2, -0.15) is 0 Å². The molecule has 348 valence electrons. The van der Waals surface area contributed by atoms with Crippen molar-refractivity contribution in [1.82, 2.24) is 0 Å². The largest absolute Gasteiger partial charge is 0.462 e. The molecule has 0 radical (unpaired) electrons. The van der Waals surface area contributed by atoms with Crippen molar-refractivity contribution in [2.75, 3.05) is 13.2 Å². The van der Waals surface area contributed by atoms with E-state index in [0.717, 1.165) is 77.0 Å². The van der Waals surface area contributed by atoms with Crippen LogP contribution in [0.1, 0.15) is 290 Å². The van der Waals surface area contributed by atoms with E-state index < -0.39 is 6.10 Å². The van der Waals surface area contributed by atoms with Crippen LogP contribution in [0.2, 0.25) is 0 Å². The Balaban J connectivity index is 4.23. The predicted octanol–water partition coefficient (Wildman–Crippen LogP) is 17.0. The lowest BCUT2D eigenvalue weighted by Crippen LogP contribution is -2.30. The second-order valence-electron chi connectivity index (χ2n) is 17.8. The second-order valence-corrected chi connectivity index (χ2v) is 17.8. The summed E-state index contributed by atoms with van der Waals surface area (Å²) in [7, 11) is 0. The van der Waals surface area contributed by atoms with Gasteiger partial charge in [0.1, 0.15) is 13.2 Å². The number of esters is 3. The molecule has 0 heterocycles. The zero-order valence-electron chi connectivity index (χ0n) is 39.8. The molecular weight excluding hydrogens is 733 g/mol. The molecule has 0 aliphatic rings. The number of ether oxygens (including phenoxy) is 3. The highest BCUT2D eigenvalue weighted by Gasteiger charge is 2.19. The zero-order chi connectivity index (χ0) is 43.0. The molecule has 6 heteroatoms. The molecule has 0 saturated carbocycles. The molecule has 0 aliphatic heterocycles. The maximum atomic E-state index is 12.7. The summed E-state index contributed by atoms with van der Waals surface area (Å²) in [5, 5.41) is 0. The Morgan fingerprint density at radius 3 is 0.898 bits per heavy atom. The predicted molar refractivity (Wildman–Crippen MR) is 252 cm³/mol. The Morgan fingerprint density at radius 1 is 0.322 bits per heavy atom. The van der Waals surface area contributed by atoms with Gasteiger partial charge in [0.15, 0.2) is 6.10 Å². The number of carbonyl (C=O) groups is 3. The van der Waals surface area contributed by atoms with E-state index in [4.69, 9.17) is 14.2 Å². The number of unbranched alkanes of at least 4 members (excludes halogenated alkanes) is 35. The highest BCUT2D eigenvalue weighted by molar-refractivity contribution is 5.71. The summed E-state index contributed by atoms with van der Waals surface area (Å²) in [5.41, 5.74) is 0. The minimum absolute atomic E-state index is 0.0683. The first-order valence-electron chi connectivity index (χ1n) is 26.2. The van der Waals surface area contributed by atoms with Crippen LogP contribution >= 0.6 is 0 Å². The van der Waals surface area contributed by atoms with Crippen LogP contribution in [0.15, 0.2) is 12.2 Å².